The lowest BCUT2D eigenvalue weighted by Crippen LogP contribution is -2.22. The minimum absolute atomic E-state index is 0.924. The Kier molecular flexibility index (Phi) is 6.77. The molecule has 0 aliphatic carbocycles. The zero-order chi connectivity index (χ0) is 11.6. The molecule has 0 aliphatic heterocycles. The highest BCUT2D eigenvalue weighted by Gasteiger charge is 1.96. The van der Waals surface area contributed by atoms with Crippen LogP contribution in [0.2, 0.25) is 0 Å². The molecule has 1 aromatic rings. The van der Waals surface area contributed by atoms with Gasteiger partial charge >= 0.3 is 0 Å². The number of hydrogen-bond donors (Lipinski definition) is 2. The molecule has 0 atom stereocenters. The van der Waals surface area contributed by atoms with Crippen LogP contribution >= 0.6 is 0 Å². The number of nitrogens with zero attached hydrogens (tertiary/aromatic N) is 1. The molecule has 3 heteroatoms. The maximum atomic E-state index is 4.27. The van der Waals surface area contributed by atoms with Crippen molar-refractivity contribution in [1.29, 1.82) is 0 Å². The normalized spacial score (nSPS) is 10.6. The van der Waals surface area contributed by atoms with Crippen LogP contribution in [0.15, 0.2) is 18.3 Å². The molecule has 16 heavy (non-hydrogen) atoms. The Morgan fingerprint density at radius 1 is 1.19 bits per heavy atom. The molecule has 0 amide bonds. The Morgan fingerprint density at radius 3 is 2.75 bits per heavy atom. The molecule has 0 radical (unpaired) electrons. The number of pyridine rings is 1. The lowest BCUT2D eigenvalue weighted by atomic mass is 10.2. The highest BCUT2D eigenvalue weighted by molar-refractivity contribution is 5.17. The second-order valence-electron chi connectivity index (χ2n) is 4.03. The molecular weight excluding hydrogens is 198 g/mol. The van der Waals surface area contributed by atoms with Crippen LogP contribution in [0.3, 0.4) is 0 Å². The van der Waals surface area contributed by atoms with Crippen LogP contribution in [0, 0.1) is 6.92 Å². The second-order valence-corrected chi connectivity index (χ2v) is 4.03. The predicted octanol–water partition coefficient (Wildman–Crippen LogP) is 1.87. The lowest BCUT2D eigenvalue weighted by molar-refractivity contribution is 0.591. The second kappa shape index (κ2) is 8.25. The van der Waals surface area contributed by atoms with Crippen molar-refractivity contribution < 1.29 is 0 Å². The number of hydrogen-bond acceptors (Lipinski definition) is 3. The molecule has 0 aliphatic rings. The van der Waals surface area contributed by atoms with Crippen molar-refractivity contribution in [3.8, 4) is 0 Å². The van der Waals surface area contributed by atoms with Gasteiger partial charge in [0.2, 0.25) is 0 Å². The van der Waals surface area contributed by atoms with Crippen molar-refractivity contribution in [2.45, 2.75) is 33.2 Å². The van der Waals surface area contributed by atoms with Crippen molar-refractivity contribution in [1.82, 2.24) is 15.6 Å². The van der Waals surface area contributed by atoms with Crippen LogP contribution in [0.25, 0.3) is 0 Å². The minimum atomic E-state index is 0.924. The Morgan fingerprint density at radius 2 is 2.00 bits per heavy atom. The molecular formula is C13H23N3. The maximum Gasteiger partial charge on any atom is 0.0417 e. The number of rotatable bonds is 8. The van der Waals surface area contributed by atoms with E-state index in [9.17, 15) is 0 Å². The molecule has 0 fully saturated rings. The van der Waals surface area contributed by atoms with Gasteiger partial charge in [-0.15, -0.1) is 0 Å². The van der Waals surface area contributed by atoms with Gasteiger partial charge in [-0.05, 0) is 51.0 Å². The first-order valence-corrected chi connectivity index (χ1v) is 6.16. The number of nitrogens with one attached hydrogen (secondary N) is 2. The number of aryl methyl sites for hydroxylation is 1. The Hall–Kier alpha value is -0.930. The zero-order valence-corrected chi connectivity index (χ0v) is 10.4. The molecule has 1 aromatic heterocycles. The first kappa shape index (κ1) is 13.1. The van der Waals surface area contributed by atoms with E-state index in [0.717, 1.165) is 31.9 Å². The van der Waals surface area contributed by atoms with E-state index in [-0.39, 0.29) is 0 Å². The van der Waals surface area contributed by atoms with Crippen molar-refractivity contribution in [3.63, 3.8) is 0 Å². The van der Waals surface area contributed by atoms with E-state index in [4.69, 9.17) is 0 Å². The van der Waals surface area contributed by atoms with E-state index in [1.54, 1.807) is 0 Å². The van der Waals surface area contributed by atoms with Gasteiger partial charge in [0.25, 0.3) is 0 Å². The standard InChI is InChI=1S/C13H23N3/c1-3-7-14-8-5-9-15-11-13-6-4-10-16-12(13)2/h4,6,10,14-15H,3,5,7-9,11H2,1-2H3. The monoisotopic (exact) mass is 221 g/mol. The minimum Gasteiger partial charge on any atom is -0.317 e. The van der Waals surface area contributed by atoms with Crippen LogP contribution in [-0.2, 0) is 6.54 Å². The van der Waals surface area contributed by atoms with Gasteiger partial charge in [-0.2, -0.15) is 0 Å². The van der Waals surface area contributed by atoms with Gasteiger partial charge in [0, 0.05) is 18.4 Å². The molecule has 0 saturated heterocycles. The van der Waals surface area contributed by atoms with Gasteiger partial charge in [0.15, 0.2) is 0 Å². The van der Waals surface area contributed by atoms with Gasteiger partial charge < -0.3 is 10.6 Å². The average molecular weight is 221 g/mol. The van der Waals surface area contributed by atoms with Gasteiger partial charge in [-0.25, -0.2) is 0 Å². The fourth-order valence-corrected chi connectivity index (χ4v) is 1.57. The molecule has 0 unspecified atom stereocenters. The molecule has 1 heterocycles. The molecule has 2 N–H and O–H groups in total. The summed E-state index contributed by atoms with van der Waals surface area (Å²) in [5, 5.41) is 6.83. The van der Waals surface area contributed by atoms with E-state index in [1.807, 2.05) is 12.3 Å². The Bertz CT molecular complexity index is 286. The van der Waals surface area contributed by atoms with Crippen LogP contribution in [0.1, 0.15) is 31.0 Å². The topological polar surface area (TPSA) is 37.0 Å². The summed E-state index contributed by atoms with van der Waals surface area (Å²) in [4.78, 5) is 4.27. The van der Waals surface area contributed by atoms with Crippen molar-refractivity contribution in [2.75, 3.05) is 19.6 Å². The smallest absolute Gasteiger partial charge is 0.0417 e. The van der Waals surface area contributed by atoms with Crippen LogP contribution in [0.4, 0.5) is 0 Å². The molecule has 90 valence electrons. The van der Waals surface area contributed by atoms with E-state index in [1.165, 1.54) is 18.4 Å². The summed E-state index contributed by atoms with van der Waals surface area (Å²) in [6, 6.07) is 4.12. The summed E-state index contributed by atoms with van der Waals surface area (Å²) in [7, 11) is 0. The molecule has 0 aromatic carbocycles. The summed E-state index contributed by atoms with van der Waals surface area (Å²) in [6.07, 6.45) is 4.23. The summed E-state index contributed by atoms with van der Waals surface area (Å²) >= 11 is 0. The van der Waals surface area contributed by atoms with Gasteiger partial charge in [0.1, 0.15) is 0 Å². The fraction of sp³-hybridized carbons (Fsp3) is 0.615. The molecule has 1 rings (SSSR count). The first-order valence-electron chi connectivity index (χ1n) is 6.16. The van der Waals surface area contributed by atoms with Gasteiger partial charge in [0.05, 0.1) is 0 Å². The summed E-state index contributed by atoms with van der Waals surface area (Å²) in [5.41, 5.74) is 2.42. The lowest BCUT2D eigenvalue weighted by Gasteiger charge is -2.07. The summed E-state index contributed by atoms with van der Waals surface area (Å²) in [5.74, 6) is 0. The molecule has 0 spiro atoms. The third-order valence-corrected chi connectivity index (χ3v) is 2.57. The van der Waals surface area contributed by atoms with Crippen molar-refractivity contribution in [3.05, 3.63) is 29.6 Å². The predicted molar refractivity (Wildman–Crippen MR) is 68.5 cm³/mol. The van der Waals surface area contributed by atoms with Crippen LogP contribution < -0.4 is 10.6 Å². The molecule has 3 nitrogen and oxygen atoms in total. The van der Waals surface area contributed by atoms with Gasteiger partial charge in [-0.1, -0.05) is 13.0 Å². The first-order chi connectivity index (χ1) is 7.84. The zero-order valence-electron chi connectivity index (χ0n) is 10.4. The highest BCUT2D eigenvalue weighted by atomic mass is 14.9. The van der Waals surface area contributed by atoms with E-state index in [0.29, 0.717) is 0 Å². The maximum absolute atomic E-state index is 4.27. The average Bonchev–Trinajstić information content (AvgIpc) is 2.30. The quantitative estimate of drug-likeness (QED) is 0.658. The number of aromatic nitrogens is 1. The Labute approximate surface area is 98.7 Å². The van der Waals surface area contributed by atoms with Gasteiger partial charge in [-0.3, -0.25) is 4.98 Å². The molecule has 0 saturated carbocycles. The largest absolute Gasteiger partial charge is 0.317 e. The third-order valence-electron chi connectivity index (χ3n) is 2.57. The van der Waals surface area contributed by atoms with E-state index < -0.39 is 0 Å². The fourth-order valence-electron chi connectivity index (χ4n) is 1.57. The summed E-state index contributed by atoms with van der Waals surface area (Å²) < 4.78 is 0. The van der Waals surface area contributed by atoms with E-state index >= 15 is 0 Å². The SMILES string of the molecule is CCCNCCCNCc1cccnc1C. The van der Waals surface area contributed by atoms with Crippen LogP contribution in [-0.4, -0.2) is 24.6 Å². The van der Waals surface area contributed by atoms with Crippen molar-refractivity contribution >= 4 is 0 Å². The Balaban J connectivity index is 2.05. The third kappa shape index (κ3) is 5.24. The van der Waals surface area contributed by atoms with E-state index in [2.05, 4.69) is 35.5 Å². The van der Waals surface area contributed by atoms with Crippen molar-refractivity contribution in [2.24, 2.45) is 0 Å². The van der Waals surface area contributed by atoms with Crippen LogP contribution in [0.5, 0.6) is 0 Å². The molecule has 0 bridgehead atoms. The summed E-state index contributed by atoms with van der Waals surface area (Å²) in [6.45, 7) is 8.46. The highest BCUT2D eigenvalue weighted by Crippen LogP contribution is 2.02.